The molecule has 2 rings (SSSR count). The summed E-state index contributed by atoms with van der Waals surface area (Å²) >= 11 is 0. The number of aromatic nitrogens is 3. The van der Waals surface area contributed by atoms with Crippen LogP contribution in [0.5, 0.6) is 5.88 Å². The lowest BCUT2D eigenvalue weighted by atomic mass is 10.5. The molecule has 0 radical (unpaired) electrons. The highest BCUT2D eigenvalue weighted by atomic mass is 16.6. The van der Waals surface area contributed by atoms with Gasteiger partial charge < -0.3 is 5.11 Å². The van der Waals surface area contributed by atoms with Crippen molar-refractivity contribution >= 4 is 11.3 Å². The third-order valence-corrected chi connectivity index (χ3v) is 1.56. The Bertz CT molecular complexity index is 478. The molecule has 0 fully saturated rings. The summed E-state index contributed by atoms with van der Waals surface area (Å²) < 4.78 is 0.998. The summed E-state index contributed by atoms with van der Waals surface area (Å²) in [6.45, 7) is 0. The van der Waals surface area contributed by atoms with Gasteiger partial charge in [0, 0.05) is 12.3 Å². The topological polar surface area (TPSA) is 93.6 Å². The third-order valence-electron chi connectivity index (χ3n) is 1.56. The van der Waals surface area contributed by atoms with Gasteiger partial charge in [-0.1, -0.05) is 0 Å². The molecule has 7 nitrogen and oxygen atoms in total. The van der Waals surface area contributed by atoms with Crippen molar-refractivity contribution in [1.82, 2.24) is 14.6 Å². The van der Waals surface area contributed by atoms with Gasteiger partial charge in [-0.25, -0.2) is 4.98 Å². The summed E-state index contributed by atoms with van der Waals surface area (Å²) in [5.74, 6) is -0.182. The summed E-state index contributed by atoms with van der Waals surface area (Å²) in [4.78, 5) is 13.5. The van der Waals surface area contributed by atoms with Crippen LogP contribution in [0.3, 0.4) is 0 Å². The Morgan fingerprint density at radius 2 is 2.38 bits per heavy atom. The number of nitro groups is 1. The lowest BCUT2D eigenvalue weighted by molar-refractivity contribution is -0.383. The predicted molar refractivity (Wildman–Crippen MR) is 41.3 cm³/mol. The Morgan fingerprint density at radius 1 is 1.62 bits per heavy atom. The SMILES string of the molecule is O=[N+]([O-])c1cnn2c(O)ccnc12. The van der Waals surface area contributed by atoms with Crippen LogP contribution in [0.1, 0.15) is 0 Å². The molecule has 2 heterocycles. The van der Waals surface area contributed by atoms with E-state index in [-0.39, 0.29) is 17.2 Å². The molecule has 0 aliphatic carbocycles. The zero-order valence-corrected chi connectivity index (χ0v) is 6.28. The van der Waals surface area contributed by atoms with Crippen LogP contribution in [0.4, 0.5) is 5.69 Å². The van der Waals surface area contributed by atoms with Crippen molar-refractivity contribution in [2.75, 3.05) is 0 Å². The Hall–Kier alpha value is -2.18. The van der Waals surface area contributed by atoms with Gasteiger partial charge in [0.05, 0.1) is 4.92 Å². The highest BCUT2D eigenvalue weighted by Gasteiger charge is 2.16. The molecule has 0 aliphatic heterocycles. The van der Waals surface area contributed by atoms with Crippen molar-refractivity contribution < 1.29 is 10.0 Å². The van der Waals surface area contributed by atoms with E-state index in [9.17, 15) is 15.2 Å². The van der Waals surface area contributed by atoms with Gasteiger partial charge in [0.1, 0.15) is 6.20 Å². The van der Waals surface area contributed by atoms with Crippen LogP contribution in [-0.2, 0) is 0 Å². The molecule has 2 aromatic heterocycles. The highest BCUT2D eigenvalue weighted by molar-refractivity contribution is 5.58. The van der Waals surface area contributed by atoms with Crippen molar-refractivity contribution in [3.8, 4) is 5.88 Å². The van der Waals surface area contributed by atoms with Crippen molar-refractivity contribution in [3.63, 3.8) is 0 Å². The van der Waals surface area contributed by atoms with Gasteiger partial charge in [0.15, 0.2) is 0 Å². The van der Waals surface area contributed by atoms with Crippen molar-refractivity contribution in [2.45, 2.75) is 0 Å². The monoisotopic (exact) mass is 180 g/mol. The van der Waals surface area contributed by atoms with Crippen molar-refractivity contribution in [3.05, 3.63) is 28.6 Å². The fourth-order valence-electron chi connectivity index (χ4n) is 0.996. The minimum atomic E-state index is -0.602. The molecule has 66 valence electrons. The van der Waals surface area contributed by atoms with Gasteiger partial charge in [-0.05, 0) is 0 Å². The van der Waals surface area contributed by atoms with Crippen LogP contribution >= 0.6 is 0 Å². The maximum absolute atomic E-state index is 10.4. The average Bonchev–Trinajstić information content (AvgIpc) is 2.48. The summed E-state index contributed by atoms with van der Waals surface area (Å²) in [5.41, 5.74) is -0.194. The minimum Gasteiger partial charge on any atom is -0.493 e. The standard InChI is InChI=1S/C6H4N4O3/c11-5-1-2-7-6-4(10(12)13)3-8-9(5)6/h1-3,11H. The molecule has 0 saturated heterocycles. The molecule has 13 heavy (non-hydrogen) atoms. The van der Waals surface area contributed by atoms with Gasteiger partial charge in [0.25, 0.3) is 0 Å². The second kappa shape index (κ2) is 2.41. The Balaban J connectivity index is 2.83. The number of rotatable bonds is 1. The van der Waals surface area contributed by atoms with Crippen LogP contribution in [0.15, 0.2) is 18.5 Å². The molecule has 0 spiro atoms. The van der Waals surface area contributed by atoms with E-state index in [1.165, 1.54) is 12.3 Å². The van der Waals surface area contributed by atoms with E-state index >= 15 is 0 Å². The fourth-order valence-corrected chi connectivity index (χ4v) is 0.996. The number of hydrogen-bond acceptors (Lipinski definition) is 5. The zero-order chi connectivity index (χ0) is 9.42. The second-order valence-electron chi connectivity index (χ2n) is 2.33. The fraction of sp³-hybridized carbons (Fsp3) is 0. The van der Waals surface area contributed by atoms with Crippen LogP contribution in [0.25, 0.3) is 5.65 Å². The smallest absolute Gasteiger partial charge is 0.333 e. The Kier molecular flexibility index (Phi) is 1.38. The Labute approximate surface area is 71.4 Å². The zero-order valence-electron chi connectivity index (χ0n) is 6.28. The van der Waals surface area contributed by atoms with E-state index in [2.05, 4.69) is 10.1 Å². The summed E-state index contributed by atoms with van der Waals surface area (Å²) in [6.07, 6.45) is 2.32. The maximum Gasteiger partial charge on any atom is 0.333 e. The van der Waals surface area contributed by atoms with E-state index in [1.54, 1.807) is 0 Å². The molecule has 0 aliphatic rings. The molecule has 7 heteroatoms. The van der Waals surface area contributed by atoms with E-state index < -0.39 is 4.92 Å². The first kappa shape index (κ1) is 7.47. The molecule has 0 atom stereocenters. The van der Waals surface area contributed by atoms with Gasteiger partial charge in [0.2, 0.25) is 11.5 Å². The second-order valence-corrected chi connectivity index (χ2v) is 2.33. The first-order valence-corrected chi connectivity index (χ1v) is 3.36. The normalized spacial score (nSPS) is 10.5. The molecule has 0 saturated carbocycles. The van der Waals surface area contributed by atoms with E-state index in [0.717, 1.165) is 10.7 Å². The van der Waals surface area contributed by atoms with Gasteiger partial charge in [-0.15, -0.1) is 0 Å². The van der Waals surface area contributed by atoms with Crippen LogP contribution in [-0.4, -0.2) is 24.6 Å². The number of hydrogen-bond donors (Lipinski definition) is 1. The molecule has 1 N–H and O–H groups in total. The number of nitrogens with zero attached hydrogens (tertiary/aromatic N) is 4. The molecule has 0 amide bonds. The number of aromatic hydroxyl groups is 1. The highest BCUT2D eigenvalue weighted by Crippen LogP contribution is 2.19. The number of fused-ring (bicyclic) bond motifs is 1. The average molecular weight is 180 g/mol. The molecule has 0 unspecified atom stereocenters. The molecule has 0 aromatic carbocycles. The van der Waals surface area contributed by atoms with E-state index in [4.69, 9.17) is 0 Å². The van der Waals surface area contributed by atoms with E-state index in [0.29, 0.717) is 0 Å². The van der Waals surface area contributed by atoms with Crippen LogP contribution in [0, 0.1) is 10.1 Å². The molecular formula is C6H4N4O3. The van der Waals surface area contributed by atoms with Gasteiger partial charge in [-0.2, -0.15) is 9.61 Å². The summed E-state index contributed by atoms with van der Waals surface area (Å²) in [7, 11) is 0. The van der Waals surface area contributed by atoms with Crippen molar-refractivity contribution in [1.29, 1.82) is 0 Å². The first-order chi connectivity index (χ1) is 6.20. The third kappa shape index (κ3) is 0.975. The van der Waals surface area contributed by atoms with Gasteiger partial charge in [-0.3, -0.25) is 10.1 Å². The minimum absolute atomic E-state index is 0.0324. The van der Waals surface area contributed by atoms with Gasteiger partial charge >= 0.3 is 5.69 Å². The predicted octanol–water partition coefficient (Wildman–Crippen LogP) is 0.343. The molecule has 0 bridgehead atoms. The lowest BCUT2D eigenvalue weighted by Crippen LogP contribution is -1.92. The van der Waals surface area contributed by atoms with Crippen LogP contribution < -0.4 is 0 Å². The van der Waals surface area contributed by atoms with Crippen molar-refractivity contribution in [2.24, 2.45) is 0 Å². The maximum atomic E-state index is 10.4. The first-order valence-electron chi connectivity index (χ1n) is 3.36. The largest absolute Gasteiger partial charge is 0.493 e. The lowest BCUT2D eigenvalue weighted by Gasteiger charge is -1.93. The molecule has 2 aromatic rings. The summed E-state index contributed by atoms with van der Waals surface area (Å²) in [6, 6.07) is 1.30. The van der Waals surface area contributed by atoms with E-state index in [1.807, 2.05) is 0 Å². The Morgan fingerprint density at radius 3 is 3.08 bits per heavy atom. The molecular weight excluding hydrogens is 176 g/mol. The van der Waals surface area contributed by atoms with Crippen LogP contribution in [0.2, 0.25) is 0 Å². The quantitative estimate of drug-likeness (QED) is 0.504. The summed E-state index contributed by atoms with van der Waals surface area (Å²) in [5, 5.41) is 23.2.